The number of nitrogens with one attached hydrogen (secondary N) is 1. The SMILES string of the molecule is CCOCCn1c2c(=O)[nH]c(=O)n(C)c2n2c(-c3cc(Br)ccc3OC)nnc12. The molecule has 0 radical (unpaired) electrons. The molecule has 10 nitrogen and oxygen atoms in total. The molecule has 0 aliphatic carbocycles. The molecular formula is C18H19BrN6O4. The predicted octanol–water partition coefficient (Wildman–Crippen LogP) is 1.55. The molecule has 0 fully saturated rings. The van der Waals surface area contributed by atoms with Gasteiger partial charge < -0.3 is 14.0 Å². The second-order valence-electron chi connectivity index (χ2n) is 6.34. The van der Waals surface area contributed by atoms with Crippen molar-refractivity contribution in [1.29, 1.82) is 0 Å². The molecule has 0 unspecified atom stereocenters. The van der Waals surface area contributed by atoms with Crippen molar-refractivity contribution in [1.82, 2.24) is 28.7 Å². The lowest BCUT2D eigenvalue weighted by atomic mass is 10.2. The van der Waals surface area contributed by atoms with E-state index in [1.807, 2.05) is 19.1 Å². The fraction of sp³-hybridized carbons (Fsp3) is 0.333. The van der Waals surface area contributed by atoms with Gasteiger partial charge in [0, 0.05) is 24.7 Å². The van der Waals surface area contributed by atoms with E-state index in [-0.39, 0.29) is 0 Å². The fourth-order valence-corrected chi connectivity index (χ4v) is 3.74. The van der Waals surface area contributed by atoms with Crippen molar-refractivity contribution < 1.29 is 9.47 Å². The Bertz CT molecular complexity index is 1330. The average molecular weight is 463 g/mol. The van der Waals surface area contributed by atoms with Crippen LogP contribution in [0.5, 0.6) is 5.75 Å². The van der Waals surface area contributed by atoms with E-state index >= 15 is 0 Å². The number of benzene rings is 1. The largest absolute Gasteiger partial charge is 0.496 e. The normalized spacial score (nSPS) is 11.6. The lowest BCUT2D eigenvalue weighted by Gasteiger charge is -2.08. The molecule has 4 aromatic rings. The van der Waals surface area contributed by atoms with Gasteiger partial charge >= 0.3 is 5.69 Å². The van der Waals surface area contributed by atoms with Crippen LogP contribution in [0.4, 0.5) is 0 Å². The van der Waals surface area contributed by atoms with Gasteiger partial charge in [0.15, 0.2) is 17.0 Å². The number of aryl methyl sites for hydroxylation is 1. The first kappa shape index (κ1) is 19.4. The van der Waals surface area contributed by atoms with Crippen LogP contribution in [0.15, 0.2) is 32.3 Å². The Morgan fingerprint density at radius 3 is 2.76 bits per heavy atom. The minimum Gasteiger partial charge on any atom is -0.496 e. The molecule has 1 N–H and O–H groups in total. The molecule has 0 bridgehead atoms. The topological polar surface area (TPSA) is 108 Å². The van der Waals surface area contributed by atoms with Crippen molar-refractivity contribution in [2.75, 3.05) is 20.3 Å². The third kappa shape index (κ3) is 3.06. The third-order valence-electron chi connectivity index (χ3n) is 4.70. The molecule has 1 aromatic carbocycles. The molecule has 4 rings (SSSR count). The molecule has 11 heteroatoms. The molecular weight excluding hydrogens is 444 g/mol. The minimum absolute atomic E-state index is 0.326. The maximum absolute atomic E-state index is 12.7. The van der Waals surface area contributed by atoms with Crippen LogP contribution in [0, 0.1) is 0 Å². The van der Waals surface area contributed by atoms with E-state index in [1.165, 1.54) is 4.57 Å². The summed E-state index contributed by atoms with van der Waals surface area (Å²) in [4.78, 5) is 27.3. The summed E-state index contributed by atoms with van der Waals surface area (Å²) in [7, 11) is 3.16. The first-order valence-corrected chi connectivity index (χ1v) is 9.75. The maximum Gasteiger partial charge on any atom is 0.329 e. The summed E-state index contributed by atoms with van der Waals surface area (Å²) >= 11 is 3.46. The van der Waals surface area contributed by atoms with Crippen molar-refractivity contribution in [3.63, 3.8) is 0 Å². The second kappa shape index (κ2) is 7.48. The quantitative estimate of drug-likeness (QED) is 0.435. The number of hydrogen-bond acceptors (Lipinski definition) is 6. The summed E-state index contributed by atoms with van der Waals surface area (Å²) in [5, 5.41) is 8.65. The van der Waals surface area contributed by atoms with Gasteiger partial charge in [-0.2, -0.15) is 0 Å². The van der Waals surface area contributed by atoms with Gasteiger partial charge in [-0.05, 0) is 25.1 Å². The van der Waals surface area contributed by atoms with E-state index in [4.69, 9.17) is 9.47 Å². The Kier molecular flexibility index (Phi) is 5.01. The lowest BCUT2D eigenvalue weighted by Crippen LogP contribution is -2.29. The summed E-state index contributed by atoms with van der Waals surface area (Å²) in [5.41, 5.74) is 0.384. The van der Waals surface area contributed by atoms with Crippen LogP contribution in [0.25, 0.3) is 28.3 Å². The molecule has 29 heavy (non-hydrogen) atoms. The van der Waals surface area contributed by atoms with Crippen molar-refractivity contribution in [3.8, 4) is 17.1 Å². The van der Waals surface area contributed by atoms with Crippen LogP contribution in [-0.4, -0.2) is 49.0 Å². The van der Waals surface area contributed by atoms with E-state index in [1.54, 1.807) is 29.2 Å². The van der Waals surface area contributed by atoms with E-state index in [0.717, 1.165) is 4.47 Å². The van der Waals surface area contributed by atoms with E-state index in [2.05, 4.69) is 31.1 Å². The van der Waals surface area contributed by atoms with Crippen molar-refractivity contribution in [2.24, 2.45) is 7.05 Å². The molecule has 0 saturated carbocycles. The van der Waals surface area contributed by atoms with Gasteiger partial charge in [-0.1, -0.05) is 15.9 Å². The molecule has 0 spiro atoms. The number of aromatic amines is 1. The van der Waals surface area contributed by atoms with Crippen LogP contribution in [-0.2, 0) is 18.3 Å². The van der Waals surface area contributed by atoms with Crippen LogP contribution in [0.2, 0.25) is 0 Å². The molecule has 3 aromatic heterocycles. The van der Waals surface area contributed by atoms with Crippen LogP contribution >= 0.6 is 15.9 Å². The van der Waals surface area contributed by atoms with Crippen LogP contribution < -0.4 is 16.0 Å². The number of rotatable bonds is 6. The zero-order chi connectivity index (χ0) is 20.7. The molecule has 0 amide bonds. The number of imidazole rings is 1. The van der Waals surface area contributed by atoms with E-state index in [0.29, 0.717) is 53.8 Å². The Morgan fingerprint density at radius 2 is 2.03 bits per heavy atom. The molecule has 0 aliphatic rings. The number of halogens is 1. The molecule has 0 aliphatic heterocycles. The number of aromatic nitrogens is 6. The molecule has 0 atom stereocenters. The smallest absolute Gasteiger partial charge is 0.329 e. The molecule has 152 valence electrons. The van der Waals surface area contributed by atoms with Gasteiger partial charge in [0.05, 0.1) is 19.3 Å². The summed E-state index contributed by atoms with van der Waals surface area (Å²) in [6, 6.07) is 5.51. The summed E-state index contributed by atoms with van der Waals surface area (Å²) in [5.74, 6) is 1.48. The highest BCUT2D eigenvalue weighted by molar-refractivity contribution is 9.10. The van der Waals surface area contributed by atoms with Crippen molar-refractivity contribution in [3.05, 3.63) is 43.5 Å². The predicted molar refractivity (Wildman–Crippen MR) is 111 cm³/mol. The number of ether oxygens (including phenoxy) is 2. The molecule has 3 heterocycles. The first-order chi connectivity index (χ1) is 14.0. The zero-order valence-electron chi connectivity index (χ0n) is 16.1. The van der Waals surface area contributed by atoms with Crippen LogP contribution in [0.1, 0.15) is 6.92 Å². The Labute approximate surface area is 172 Å². The Hall–Kier alpha value is -2.92. The van der Waals surface area contributed by atoms with Gasteiger partial charge in [-0.25, -0.2) is 9.20 Å². The maximum atomic E-state index is 12.7. The monoisotopic (exact) mass is 462 g/mol. The van der Waals surface area contributed by atoms with E-state index in [9.17, 15) is 9.59 Å². The van der Waals surface area contributed by atoms with Gasteiger partial charge in [0.2, 0.25) is 5.78 Å². The number of methoxy groups -OCH3 is 1. The highest BCUT2D eigenvalue weighted by Gasteiger charge is 2.24. The van der Waals surface area contributed by atoms with Gasteiger partial charge in [0.1, 0.15) is 5.75 Å². The standard InChI is InChI=1S/C18H19BrN6O4/c1-4-29-8-7-24-13-15(26)20-18(27)23(2)16(13)25-14(21-22-17(24)25)11-9-10(19)5-6-12(11)28-3/h5-6,9H,4,7-8H2,1-3H3,(H,20,26,27). The first-order valence-electron chi connectivity index (χ1n) is 8.96. The number of fused-ring (bicyclic) bond motifs is 3. The molecule has 0 saturated heterocycles. The van der Waals surface area contributed by atoms with Gasteiger partial charge in [-0.3, -0.25) is 14.3 Å². The Morgan fingerprint density at radius 1 is 1.24 bits per heavy atom. The van der Waals surface area contributed by atoms with E-state index < -0.39 is 11.2 Å². The summed E-state index contributed by atoms with van der Waals surface area (Å²) in [6.07, 6.45) is 0. The highest BCUT2D eigenvalue weighted by Crippen LogP contribution is 2.33. The number of H-pyrrole nitrogens is 1. The summed E-state index contributed by atoms with van der Waals surface area (Å²) in [6.45, 7) is 3.22. The van der Waals surface area contributed by atoms with Crippen molar-refractivity contribution in [2.45, 2.75) is 13.5 Å². The zero-order valence-corrected chi connectivity index (χ0v) is 17.7. The number of nitrogens with zero attached hydrogens (tertiary/aromatic N) is 5. The van der Waals surface area contributed by atoms with Crippen molar-refractivity contribution >= 4 is 32.9 Å². The van der Waals surface area contributed by atoms with Gasteiger partial charge in [0.25, 0.3) is 5.56 Å². The van der Waals surface area contributed by atoms with Crippen LogP contribution in [0.3, 0.4) is 0 Å². The summed E-state index contributed by atoms with van der Waals surface area (Å²) < 4.78 is 16.6. The fourth-order valence-electron chi connectivity index (χ4n) is 3.38. The highest BCUT2D eigenvalue weighted by atomic mass is 79.9. The average Bonchev–Trinajstić information content (AvgIpc) is 3.25. The minimum atomic E-state index is -0.521. The second-order valence-corrected chi connectivity index (χ2v) is 7.26. The lowest BCUT2D eigenvalue weighted by molar-refractivity contribution is 0.140. The number of hydrogen-bond donors (Lipinski definition) is 1. The Balaban J connectivity index is 2.12. The third-order valence-corrected chi connectivity index (χ3v) is 5.20. The van der Waals surface area contributed by atoms with Gasteiger partial charge in [-0.15, -0.1) is 10.2 Å².